The summed E-state index contributed by atoms with van der Waals surface area (Å²) >= 11 is 0. The molecule has 1 unspecified atom stereocenters. The minimum atomic E-state index is -0.430. The molecular formula is C26H27N5O4. The minimum absolute atomic E-state index is 0.217. The monoisotopic (exact) mass is 473 g/mol. The average molecular weight is 474 g/mol. The van der Waals surface area contributed by atoms with Gasteiger partial charge in [0, 0.05) is 11.6 Å². The number of rotatable bonds is 10. The van der Waals surface area contributed by atoms with Gasteiger partial charge >= 0.3 is 0 Å². The molecule has 4 aromatic rings. The molecule has 0 bridgehead atoms. The topological polar surface area (TPSA) is 121 Å². The summed E-state index contributed by atoms with van der Waals surface area (Å²) in [5.41, 5.74) is 7.38. The molecule has 0 saturated carbocycles. The second-order valence-corrected chi connectivity index (χ2v) is 7.94. The quantitative estimate of drug-likeness (QED) is 0.362. The first kappa shape index (κ1) is 23.9. The van der Waals surface area contributed by atoms with Crippen molar-refractivity contribution in [2.45, 2.75) is 19.0 Å². The lowest BCUT2D eigenvalue weighted by molar-refractivity contribution is -0.119. The molecule has 2 aromatic carbocycles. The highest BCUT2D eigenvalue weighted by molar-refractivity contribution is 5.93. The van der Waals surface area contributed by atoms with Gasteiger partial charge in [0.15, 0.2) is 0 Å². The first-order valence-electron chi connectivity index (χ1n) is 11.2. The van der Waals surface area contributed by atoms with Crippen LogP contribution >= 0.6 is 0 Å². The fourth-order valence-electron chi connectivity index (χ4n) is 3.79. The second-order valence-electron chi connectivity index (χ2n) is 7.94. The van der Waals surface area contributed by atoms with E-state index in [1.54, 1.807) is 38.6 Å². The van der Waals surface area contributed by atoms with Crippen molar-refractivity contribution in [1.82, 2.24) is 20.1 Å². The Labute approximate surface area is 202 Å². The standard InChI is InChI=1S/C26H27N5O4/c1-28-23(25(27)32)15-17-6-8-18(9-7-17)35-14-13-31-26(33)20-11-10-19(34-2)16-21(20)24(30-31)22-5-3-4-12-29-22/h3-12,16,23,28H,13-15H2,1-2H3,(H2,27,32). The fourth-order valence-corrected chi connectivity index (χ4v) is 3.79. The van der Waals surface area contributed by atoms with E-state index in [-0.39, 0.29) is 18.7 Å². The third kappa shape index (κ3) is 5.47. The van der Waals surface area contributed by atoms with Crippen LogP contribution in [-0.4, -0.2) is 47.5 Å². The summed E-state index contributed by atoms with van der Waals surface area (Å²) < 4.78 is 12.6. The van der Waals surface area contributed by atoms with Crippen LogP contribution in [0, 0.1) is 0 Å². The number of likely N-dealkylation sites (N-methyl/N-ethyl adjacent to an activating group) is 1. The van der Waals surface area contributed by atoms with Crippen LogP contribution in [0.1, 0.15) is 5.56 Å². The van der Waals surface area contributed by atoms with Gasteiger partial charge in [-0.3, -0.25) is 14.6 Å². The maximum atomic E-state index is 13.1. The van der Waals surface area contributed by atoms with Gasteiger partial charge in [-0.2, -0.15) is 5.10 Å². The number of primary amides is 1. The fraction of sp³-hybridized carbons (Fsp3) is 0.231. The van der Waals surface area contributed by atoms with E-state index in [4.69, 9.17) is 15.2 Å². The third-order valence-corrected chi connectivity index (χ3v) is 5.70. The van der Waals surface area contributed by atoms with Gasteiger partial charge in [-0.15, -0.1) is 0 Å². The van der Waals surface area contributed by atoms with Crippen LogP contribution < -0.4 is 26.1 Å². The molecule has 0 aliphatic rings. The van der Waals surface area contributed by atoms with E-state index >= 15 is 0 Å². The van der Waals surface area contributed by atoms with Gasteiger partial charge in [-0.1, -0.05) is 18.2 Å². The van der Waals surface area contributed by atoms with E-state index in [0.717, 1.165) is 5.56 Å². The number of pyridine rings is 1. The molecule has 3 N–H and O–H groups in total. The Morgan fingerprint density at radius 3 is 2.51 bits per heavy atom. The normalized spacial score (nSPS) is 11.8. The second kappa shape index (κ2) is 10.8. The molecule has 0 spiro atoms. The zero-order chi connectivity index (χ0) is 24.8. The van der Waals surface area contributed by atoms with Crippen LogP contribution in [0.3, 0.4) is 0 Å². The van der Waals surface area contributed by atoms with E-state index in [9.17, 15) is 9.59 Å². The molecule has 0 aliphatic carbocycles. The van der Waals surface area contributed by atoms with E-state index in [0.29, 0.717) is 40.1 Å². The van der Waals surface area contributed by atoms with Crippen molar-refractivity contribution in [1.29, 1.82) is 0 Å². The number of ether oxygens (including phenoxy) is 2. The van der Waals surface area contributed by atoms with Crippen LogP contribution in [0.2, 0.25) is 0 Å². The summed E-state index contributed by atoms with van der Waals surface area (Å²) in [5.74, 6) is 0.888. The molecule has 9 heteroatoms. The highest BCUT2D eigenvalue weighted by atomic mass is 16.5. The van der Waals surface area contributed by atoms with Gasteiger partial charge < -0.3 is 20.5 Å². The number of carbonyl (C=O) groups excluding carboxylic acids is 1. The van der Waals surface area contributed by atoms with Crippen molar-refractivity contribution < 1.29 is 14.3 Å². The van der Waals surface area contributed by atoms with E-state index in [1.807, 2.05) is 42.5 Å². The number of methoxy groups -OCH3 is 1. The Morgan fingerprint density at radius 1 is 1.09 bits per heavy atom. The Hall–Kier alpha value is -4.24. The number of nitrogens with one attached hydrogen (secondary N) is 1. The maximum absolute atomic E-state index is 13.1. The Bertz CT molecular complexity index is 1370. The number of amides is 1. The number of nitrogens with zero attached hydrogens (tertiary/aromatic N) is 3. The van der Waals surface area contributed by atoms with Crippen LogP contribution in [0.15, 0.2) is 71.7 Å². The zero-order valence-electron chi connectivity index (χ0n) is 19.6. The number of nitrogens with two attached hydrogens (primary N) is 1. The lowest BCUT2D eigenvalue weighted by atomic mass is 10.1. The predicted octanol–water partition coefficient (Wildman–Crippen LogP) is 2.16. The number of hydrogen-bond donors (Lipinski definition) is 2. The van der Waals surface area contributed by atoms with Gasteiger partial charge in [-0.05, 0) is 61.5 Å². The predicted molar refractivity (Wildman–Crippen MR) is 133 cm³/mol. The molecule has 4 rings (SSSR count). The van der Waals surface area contributed by atoms with Crippen LogP contribution in [0.25, 0.3) is 22.2 Å². The van der Waals surface area contributed by atoms with Crippen molar-refractivity contribution >= 4 is 16.7 Å². The molecule has 0 radical (unpaired) electrons. The molecule has 2 heterocycles. The van der Waals surface area contributed by atoms with Gasteiger partial charge in [0.1, 0.15) is 23.8 Å². The van der Waals surface area contributed by atoms with Gasteiger partial charge in [0.2, 0.25) is 5.91 Å². The molecule has 180 valence electrons. The molecule has 0 fully saturated rings. The Kier molecular flexibility index (Phi) is 7.37. The molecule has 35 heavy (non-hydrogen) atoms. The SMILES string of the molecule is CNC(Cc1ccc(OCCn2nc(-c3ccccn3)c3cc(OC)ccc3c2=O)cc1)C(N)=O. The number of carbonyl (C=O) groups is 1. The molecule has 0 saturated heterocycles. The van der Waals surface area contributed by atoms with E-state index in [2.05, 4.69) is 15.4 Å². The van der Waals surface area contributed by atoms with Crippen LogP contribution in [0.5, 0.6) is 11.5 Å². The molecule has 1 amide bonds. The summed E-state index contributed by atoms with van der Waals surface area (Å²) in [7, 11) is 3.28. The van der Waals surface area contributed by atoms with Crippen LogP contribution in [-0.2, 0) is 17.8 Å². The molecule has 0 aliphatic heterocycles. The first-order valence-corrected chi connectivity index (χ1v) is 11.2. The average Bonchev–Trinajstić information content (AvgIpc) is 2.89. The highest BCUT2D eigenvalue weighted by Gasteiger charge is 2.15. The molecule has 2 aromatic heterocycles. The van der Waals surface area contributed by atoms with Crippen LogP contribution in [0.4, 0.5) is 0 Å². The number of hydrogen-bond acceptors (Lipinski definition) is 7. The maximum Gasteiger partial charge on any atom is 0.274 e. The largest absolute Gasteiger partial charge is 0.497 e. The van der Waals surface area contributed by atoms with Crippen molar-refractivity contribution in [2.24, 2.45) is 5.73 Å². The van der Waals surface area contributed by atoms with Crippen molar-refractivity contribution in [2.75, 3.05) is 20.8 Å². The number of benzene rings is 2. The lowest BCUT2D eigenvalue weighted by Crippen LogP contribution is -2.40. The highest BCUT2D eigenvalue weighted by Crippen LogP contribution is 2.26. The zero-order valence-corrected chi connectivity index (χ0v) is 19.6. The summed E-state index contributed by atoms with van der Waals surface area (Å²) in [4.78, 5) is 29.0. The number of aromatic nitrogens is 3. The molecule has 1 atom stereocenters. The summed E-state index contributed by atoms with van der Waals surface area (Å²) in [6, 6.07) is 17.8. The third-order valence-electron chi connectivity index (χ3n) is 5.70. The Balaban J connectivity index is 1.53. The van der Waals surface area contributed by atoms with Gasteiger partial charge in [0.25, 0.3) is 5.56 Å². The molecule has 9 nitrogen and oxygen atoms in total. The summed E-state index contributed by atoms with van der Waals surface area (Å²) in [5, 5.41) is 8.71. The van der Waals surface area contributed by atoms with E-state index < -0.39 is 11.9 Å². The van der Waals surface area contributed by atoms with Gasteiger partial charge in [0.05, 0.1) is 30.8 Å². The van der Waals surface area contributed by atoms with Crippen molar-refractivity contribution in [3.63, 3.8) is 0 Å². The van der Waals surface area contributed by atoms with Crippen molar-refractivity contribution in [3.8, 4) is 22.9 Å². The summed E-state index contributed by atoms with van der Waals surface area (Å²) in [6.07, 6.45) is 2.18. The summed E-state index contributed by atoms with van der Waals surface area (Å²) in [6.45, 7) is 0.502. The smallest absolute Gasteiger partial charge is 0.274 e. The lowest BCUT2D eigenvalue weighted by Gasteiger charge is -2.14. The van der Waals surface area contributed by atoms with Gasteiger partial charge in [-0.25, -0.2) is 4.68 Å². The van der Waals surface area contributed by atoms with E-state index in [1.165, 1.54) is 4.68 Å². The number of fused-ring (bicyclic) bond motifs is 1. The minimum Gasteiger partial charge on any atom is -0.497 e. The first-order chi connectivity index (χ1) is 17.0. The molecular weight excluding hydrogens is 446 g/mol. The van der Waals surface area contributed by atoms with Crippen molar-refractivity contribution in [3.05, 3.63) is 82.8 Å². The Morgan fingerprint density at radius 2 is 1.86 bits per heavy atom.